The summed E-state index contributed by atoms with van der Waals surface area (Å²) >= 11 is 1.91. The molecule has 7 aromatic carbocycles. The lowest BCUT2D eigenvalue weighted by atomic mass is 9.99. The Morgan fingerprint density at radius 1 is 0.425 bits per heavy atom. The molecule has 0 unspecified atom stereocenters. The fourth-order valence-corrected chi connectivity index (χ4v) is 7.91. The van der Waals surface area contributed by atoms with Gasteiger partial charge >= 0.3 is 0 Å². The first-order valence-corrected chi connectivity index (χ1v) is 14.5. The Hall–Kier alpha value is -4.92. The SMILES string of the molecule is c1ccc(-c2cccc3c2sc2ccc4c(c23)c2c3ccccc3ccc2n4-c2cccc3ccccc23)cc1. The summed E-state index contributed by atoms with van der Waals surface area (Å²) in [7, 11) is 0. The van der Waals surface area contributed by atoms with Crippen LogP contribution in [0, 0.1) is 0 Å². The molecular weight excluding hydrogens is 502 g/mol. The summed E-state index contributed by atoms with van der Waals surface area (Å²) in [5, 5.41) is 10.4. The average molecular weight is 526 g/mol. The molecule has 0 bridgehead atoms. The first-order valence-electron chi connectivity index (χ1n) is 13.7. The molecule has 9 rings (SSSR count). The van der Waals surface area contributed by atoms with E-state index in [1.165, 1.54) is 80.3 Å². The molecule has 0 saturated carbocycles. The number of aromatic nitrogens is 1. The molecule has 2 heterocycles. The maximum Gasteiger partial charge on any atom is 0.0548 e. The molecule has 0 radical (unpaired) electrons. The molecule has 186 valence electrons. The van der Waals surface area contributed by atoms with E-state index in [-0.39, 0.29) is 0 Å². The van der Waals surface area contributed by atoms with Gasteiger partial charge < -0.3 is 4.57 Å². The van der Waals surface area contributed by atoms with E-state index in [9.17, 15) is 0 Å². The quantitative estimate of drug-likeness (QED) is 0.211. The number of nitrogens with zero attached hydrogens (tertiary/aromatic N) is 1. The lowest BCUT2D eigenvalue weighted by Gasteiger charge is -2.11. The van der Waals surface area contributed by atoms with Crippen molar-refractivity contribution in [3.8, 4) is 16.8 Å². The number of fused-ring (bicyclic) bond motifs is 10. The minimum atomic E-state index is 1.22. The van der Waals surface area contributed by atoms with Gasteiger partial charge in [0.2, 0.25) is 0 Å². The molecule has 40 heavy (non-hydrogen) atoms. The predicted molar refractivity (Wildman–Crippen MR) is 174 cm³/mol. The van der Waals surface area contributed by atoms with Crippen molar-refractivity contribution >= 4 is 74.9 Å². The number of benzene rings is 7. The second kappa shape index (κ2) is 8.29. The van der Waals surface area contributed by atoms with Gasteiger partial charge in [-0.2, -0.15) is 0 Å². The largest absolute Gasteiger partial charge is 0.309 e. The highest BCUT2D eigenvalue weighted by Gasteiger charge is 2.21. The topological polar surface area (TPSA) is 4.93 Å². The lowest BCUT2D eigenvalue weighted by Crippen LogP contribution is -1.95. The van der Waals surface area contributed by atoms with Crippen molar-refractivity contribution in [1.82, 2.24) is 4.57 Å². The maximum atomic E-state index is 2.49. The maximum absolute atomic E-state index is 2.49. The summed E-state index contributed by atoms with van der Waals surface area (Å²) in [5.41, 5.74) is 6.28. The monoisotopic (exact) mass is 525 g/mol. The number of hydrogen-bond acceptors (Lipinski definition) is 1. The van der Waals surface area contributed by atoms with Gasteiger partial charge in [-0.25, -0.2) is 0 Å². The molecule has 1 nitrogen and oxygen atoms in total. The van der Waals surface area contributed by atoms with E-state index in [4.69, 9.17) is 0 Å². The molecule has 0 aliphatic carbocycles. The molecule has 0 fully saturated rings. The van der Waals surface area contributed by atoms with Crippen LogP contribution in [0.2, 0.25) is 0 Å². The minimum absolute atomic E-state index is 1.22. The second-order valence-corrected chi connectivity index (χ2v) is 11.5. The smallest absolute Gasteiger partial charge is 0.0548 e. The molecular formula is C38H23NS. The van der Waals surface area contributed by atoms with Gasteiger partial charge in [0.1, 0.15) is 0 Å². The van der Waals surface area contributed by atoms with E-state index < -0.39 is 0 Å². The molecule has 9 aromatic rings. The van der Waals surface area contributed by atoms with Crippen LogP contribution in [-0.4, -0.2) is 4.57 Å². The summed E-state index contributed by atoms with van der Waals surface area (Å²) in [6.07, 6.45) is 0. The third kappa shape index (κ3) is 2.97. The summed E-state index contributed by atoms with van der Waals surface area (Å²) < 4.78 is 5.17. The van der Waals surface area contributed by atoms with Gasteiger partial charge in [0, 0.05) is 36.3 Å². The lowest BCUT2D eigenvalue weighted by molar-refractivity contribution is 1.20. The van der Waals surface area contributed by atoms with E-state index in [1.807, 2.05) is 11.3 Å². The Kier molecular flexibility index (Phi) is 4.55. The van der Waals surface area contributed by atoms with E-state index in [0.717, 1.165) is 0 Å². The van der Waals surface area contributed by atoms with Crippen LogP contribution in [0.1, 0.15) is 0 Å². The zero-order valence-electron chi connectivity index (χ0n) is 21.6. The summed E-state index contributed by atoms with van der Waals surface area (Å²) in [5.74, 6) is 0. The van der Waals surface area contributed by atoms with Crippen molar-refractivity contribution in [2.45, 2.75) is 0 Å². The average Bonchev–Trinajstić information content (AvgIpc) is 3.57. The normalized spacial score (nSPS) is 12.0. The highest BCUT2D eigenvalue weighted by Crippen LogP contribution is 2.47. The van der Waals surface area contributed by atoms with Gasteiger partial charge in [-0.3, -0.25) is 0 Å². The van der Waals surface area contributed by atoms with Crippen LogP contribution in [0.15, 0.2) is 140 Å². The Morgan fingerprint density at radius 3 is 1.95 bits per heavy atom. The zero-order chi connectivity index (χ0) is 26.2. The molecule has 2 aromatic heterocycles. The van der Waals surface area contributed by atoms with Crippen molar-refractivity contribution in [2.24, 2.45) is 0 Å². The molecule has 0 spiro atoms. The van der Waals surface area contributed by atoms with Gasteiger partial charge in [-0.05, 0) is 51.6 Å². The molecule has 0 aliphatic heterocycles. The van der Waals surface area contributed by atoms with Gasteiger partial charge in [-0.15, -0.1) is 11.3 Å². The number of rotatable bonds is 2. The van der Waals surface area contributed by atoms with E-state index in [0.29, 0.717) is 0 Å². The van der Waals surface area contributed by atoms with Crippen molar-refractivity contribution in [3.05, 3.63) is 140 Å². The Labute approximate surface area is 235 Å². The van der Waals surface area contributed by atoms with Crippen LogP contribution in [-0.2, 0) is 0 Å². The standard InChI is InChI=1S/C38H23NS/c1-2-10-25(11-3-1)29-17-9-18-30-36-34(40-38(29)30)23-22-33-37(36)35-28-16-7-5-13-26(28)20-21-32(35)39(33)31-19-8-14-24-12-4-6-15-27(24)31/h1-23H. The van der Waals surface area contributed by atoms with Crippen LogP contribution in [0.25, 0.3) is 80.3 Å². The van der Waals surface area contributed by atoms with Crippen LogP contribution >= 0.6 is 11.3 Å². The highest BCUT2D eigenvalue weighted by molar-refractivity contribution is 7.26. The van der Waals surface area contributed by atoms with E-state index in [1.54, 1.807) is 0 Å². The first kappa shape index (κ1) is 22.0. The third-order valence-corrected chi connectivity index (χ3v) is 9.58. The summed E-state index contributed by atoms with van der Waals surface area (Å²) in [6.45, 7) is 0. The molecule has 0 atom stereocenters. The Bertz CT molecular complexity index is 2420. The summed E-state index contributed by atoms with van der Waals surface area (Å²) in [4.78, 5) is 0. The van der Waals surface area contributed by atoms with Crippen LogP contribution in [0.5, 0.6) is 0 Å². The fourth-order valence-electron chi connectivity index (χ4n) is 6.66. The Morgan fingerprint density at radius 2 is 1.07 bits per heavy atom. The Balaban J connectivity index is 1.52. The molecule has 0 saturated heterocycles. The summed E-state index contributed by atoms with van der Waals surface area (Å²) in [6, 6.07) is 51.0. The van der Waals surface area contributed by atoms with Crippen molar-refractivity contribution < 1.29 is 0 Å². The molecule has 0 N–H and O–H groups in total. The van der Waals surface area contributed by atoms with Gasteiger partial charge in [0.15, 0.2) is 0 Å². The van der Waals surface area contributed by atoms with Gasteiger partial charge in [0.05, 0.1) is 16.7 Å². The van der Waals surface area contributed by atoms with Crippen molar-refractivity contribution in [3.63, 3.8) is 0 Å². The van der Waals surface area contributed by atoms with E-state index >= 15 is 0 Å². The highest BCUT2D eigenvalue weighted by atomic mass is 32.1. The van der Waals surface area contributed by atoms with Crippen molar-refractivity contribution in [2.75, 3.05) is 0 Å². The van der Waals surface area contributed by atoms with Crippen LogP contribution < -0.4 is 0 Å². The fraction of sp³-hybridized carbons (Fsp3) is 0. The molecule has 0 aliphatic rings. The van der Waals surface area contributed by atoms with Crippen LogP contribution in [0.4, 0.5) is 0 Å². The van der Waals surface area contributed by atoms with Crippen molar-refractivity contribution in [1.29, 1.82) is 0 Å². The third-order valence-electron chi connectivity index (χ3n) is 8.37. The van der Waals surface area contributed by atoms with E-state index in [2.05, 4.69) is 144 Å². The second-order valence-electron chi connectivity index (χ2n) is 10.5. The minimum Gasteiger partial charge on any atom is -0.309 e. The molecule has 2 heteroatoms. The van der Waals surface area contributed by atoms with Gasteiger partial charge in [0.25, 0.3) is 0 Å². The van der Waals surface area contributed by atoms with Crippen LogP contribution in [0.3, 0.4) is 0 Å². The molecule has 0 amide bonds. The number of thiophene rings is 1. The number of hydrogen-bond donors (Lipinski definition) is 0. The first-order chi connectivity index (χ1) is 19.9. The zero-order valence-corrected chi connectivity index (χ0v) is 22.5. The predicted octanol–water partition coefficient (Wildman–Crippen LogP) is 11.1. The van der Waals surface area contributed by atoms with Gasteiger partial charge in [-0.1, -0.05) is 115 Å².